The maximum atomic E-state index is 12.8. The van der Waals surface area contributed by atoms with Gasteiger partial charge in [-0.2, -0.15) is 0 Å². The van der Waals surface area contributed by atoms with Crippen LogP contribution in [0.2, 0.25) is 0 Å². The van der Waals surface area contributed by atoms with Crippen molar-refractivity contribution in [3.05, 3.63) is 70.2 Å². The number of rotatable bonds is 4. The summed E-state index contributed by atoms with van der Waals surface area (Å²) in [5, 5.41) is 9.49. The molecule has 4 atom stereocenters. The zero-order chi connectivity index (χ0) is 20.8. The highest BCUT2D eigenvalue weighted by atomic mass is 32.2. The number of allylic oxidation sites excluding steroid dienone is 2. The minimum Gasteiger partial charge on any atom is -0.374 e. The summed E-state index contributed by atoms with van der Waals surface area (Å²) >= 11 is 3.51. The van der Waals surface area contributed by atoms with E-state index in [4.69, 9.17) is 0 Å². The molecule has 31 heavy (non-hydrogen) atoms. The van der Waals surface area contributed by atoms with E-state index in [1.54, 1.807) is 23.5 Å². The van der Waals surface area contributed by atoms with Gasteiger partial charge < -0.3 is 25.9 Å². The molecule has 1 saturated heterocycles. The fourth-order valence-electron chi connectivity index (χ4n) is 4.83. The summed E-state index contributed by atoms with van der Waals surface area (Å²) in [6, 6.07) is 0.154. The van der Waals surface area contributed by atoms with Gasteiger partial charge in [-0.1, -0.05) is 12.2 Å². The zero-order valence-electron chi connectivity index (χ0n) is 17.1. The lowest BCUT2D eigenvalue weighted by molar-refractivity contribution is -0.125. The molecule has 6 rings (SSSR count). The highest BCUT2D eigenvalue weighted by Crippen LogP contribution is 2.40. The van der Waals surface area contributed by atoms with E-state index in [0.29, 0.717) is 5.25 Å². The summed E-state index contributed by atoms with van der Waals surface area (Å²) in [6.07, 6.45) is 18.3. The van der Waals surface area contributed by atoms with E-state index >= 15 is 0 Å². The smallest absolute Gasteiger partial charge is 0.259 e. The Hall–Kier alpha value is -2.23. The molecular weight excluding hydrogens is 428 g/mol. The third kappa shape index (κ3) is 3.48. The van der Waals surface area contributed by atoms with Crippen molar-refractivity contribution in [1.82, 2.24) is 31.3 Å². The molecule has 0 radical (unpaired) electrons. The second-order valence-electron chi connectivity index (χ2n) is 8.34. The normalized spacial score (nSPS) is 33.4. The summed E-state index contributed by atoms with van der Waals surface area (Å²) in [6.45, 7) is 1.80. The minimum atomic E-state index is 0.154. The van der Waals surface area contributed by atoms with Gasteiger partial charge in [-0.25, -0.2) is 5.43 Å². The number of amides is 1. The van der Waals surface area contributed by atoms with Crippen LogP contribution in [0.1, 0.15) is 19.3 Å². The molecule has 7 nitrogen and oxygen atoms in total. The van der Waals surface area contributed by atoms with Gasteiger partial charge in [0.25, 0.3) is 5.91 Å². The van der Waals surface area contributed by atoms with Crippen molar-refractivity contribution in [3.63, 3.8) is 0 Å². The topological polar surface area (TPSA) is 71.7 Å². The number of hydrazine groups is 1. The van der Waals surface area contributed by atoms with Crippen LogP contribution in [0.15, 0.2) is 70.2 Å². The molecular formula is C22H26N6OS2. The van der Waals surface area contributed by atoms with Gasteiger partial charge in [0.1, 0.15) is 11.5 Å². The van der Waals surface area contributed by atoms with Crippen LogP contribution in [0.5, 0.6) is 0 Å². The Kier molecular flexibility index (Phi) is 5.04. The van der Waals surface area contributed by atoms with E-state index in [2.05, 4.69) is 68.6 Å². The van der Waals surface area contributed by atoms with Crippen LogP contribution in [0.4, 0.5) is 0 Å². The maximum absolute atomic E-state index is 12.8. The first-order chi connectivity index (χ1) is 15.3. The quantitative estimate of drug-likeness (QED) is 0.514. The average Bonchev–Trinajstić information content (AvgIpc) is 3.62. The summed E-state index contributed by atoms with van der Waals surface area (Å²) < 4.78 is 0. The summed E-state index contributed by atoms with van der Waals surface area (Å²) in [5.74, 6) is 0.217. The molecule has 1 fully saturated rings. The zero-order valence-corrected chi connectivity index (χ0v) is 18.7. The number of carbonyl (C=O) groups excluding carboxylic acids is 1. The second-order valence-corrected chi connectivity index (χ2v) is 10.6. The van der Waals surface area contributed by atoms with Crippen LogP contribution in [-0.4, -0.2) is 51.6 Å². The van der Waals surface area contributed by atoms with Crippen LogP contribution in [0.3, 0.4) is 0 Å². The first-order valence-corrected chi connectivity index (χ1v) is 12.7. The van der Waals surface area contributed by atoms with Gasteiger partial charge in [-0.05, 0) is 41.9 Å². The Balaban J connectivity index is 1.16. The molecule has 9 heteroatoms. The first kappa shape index (κ1) is 19.5. The number of nitrogens with zero attached hydrogens (tertiary/aromatic N) is 2. The van der Waals surface area contributed by atoms with Gasteiger partial charge >= 0.3 is 0 Å². The van der Waals surface area contributed by atoms with Crippen molar-refractivity contribution in [2.75, 3.05) is 13.1 Å². The van der Waals surface area contributed by atoms with E-state index in [0.717, 1.165) is 37.3 Å². The number of thioether (sulfide) groups is 2. The van der Waals surface area contributed by atoms with Gasteiger partial charge in [0.15, 0.2) is 0 Å². The molecule has 0 spiro atoms. The Morgan fingerprint density at radius 3 is 2.90 bits per heavy atom. The Bertz CT molecular complexity index is 953. The third-order valence-corrected chi connectivity index (χ3v) is 8.77. The lowest BCUT2D eigenvalue weighted by atomic mass is 9.95. The van der Waals surface area contributed by atoms with E-state index in [1.165, 1.54) is 16.8 Å². The molecule has 162 valence electrons. The standard InChI is InChI=1S/C22H26N6OS2/c29-22(27-8-1-2-9-27)18-5-4-17(31-18)20-15(11-25-26-20)14-3-6-19-24-12-16(28(19)13-14)21-23-7-10-30-21/h3,5-7,10-13,17,19-21,23-26H,1-2,4,8-9H2. The Labute approximate surface area is 190 Å². The first-order valence-electron chi connectivity index (χ1n) is 10.9. The summed E-state index contributed by atoms with van der Waals surface area (Å²) in [7, 11) is 0. The molecule has 0 aromatic heterocycles. The van der Waals surface area contributed by atoms with E-state index in [1.807, 2.05) is 11.1 Å². The van der Waals surface area contributed by atoms with Gasteiger partial charge in [0.05, 0.1) is 16.6 Å². The van der Waals surface area contributed by atoms with Gasteiger partial charge in [-0.3, -0.25) is 4.79 Å². The molecule has 6 heterocycles. The molecule has 0 aromatic carbocycles. The van der Waals surface area contributed by atoms with Crippen LogP contribution < -0.4 is 21.5 Å². The largest absolute Gasteiger partial charge is 0.374 e. The fraction of sp³-hybridized carbons (Fsp3) is 0.409. The molecule has 0 bridgehead atoms. The van der Waals surface area contributed by atoms with Gasteiger partial charge in [-0.15, -0.1) is 23.5 Å². The number of hydrogen-bond donors (Lipinski definition) is 4. The van der Waals surface area contributed by atoms with E-state index in [9.17, 15) is 4.79 Å². The predicted octanol–water partition coefficient (Wildman–Crippen LogP) is 2.02. The summed E-state index contributed by atoms with van der Waals surface area (Å²) in [5.41, 5.74) is 10.3. The van der Waals surface area contributed by atoms with Crippen molar-refractivity contribution in [3.8, 4) is 0 Å². The summed E-state index contributed by atoms with van der Waals surface area (Å²) in [4.78, 5) is 18.0. The number of nitrogens with one attached hydrogen (secondary N) is 4. The number of fused-ring (bicyclic) bond motifs is 1. The molecule has 0 saturated carbocycles. The maximum Gasteiger partial charge on any atom is 0.259 e. The Morgan fingerprint density at radius 1 is 1.16 bits per heavy atom. The van der Waals surface area contributed by atoms with Crippen LogP contribution in [0, 0.1) is 0 Å². The highest BCUT2D eigenvalue weighted by Gasteiger charge is 2.37. The number of hydrogen-bond acceptors (Lipinski definition) is 8. The monoisotopic (exact) mass is 454 g/mol. The van der Waals surface area contributed by atoms with Crippen molar-refractivity contribution in [2.24, 2.45) is 0 Å². The molecule has 6 aliphatic heterocycles. The number of likely N-dealkylation sites (tertiary alicyclic amines) is 1. The lowest BCUT2D eigenvalue weighted by Gasteiger charge is -2.31. The molecule has 4 N–H and O–H groups in total. The van der Waals surface area contributed by atoms with E-state index in [-0.39, 0.29) is 23.5 Å². The molecule has 6 aliphatic rings. The SMILES string of the molecule is O=C(C1=CCC(C2NNC=C2C2=CN3C(C4NC=CS4)=CNC3C=C2)S1)N1CCCC1. The highest BCUT2D eigenvalue weighted by molar-refractivity contribution is 8.04. The minimum absolute atomic E-state index is 0.154. The van der Waals surface area contributed by atoms with Gasteiger partial charge in [0, 0.05) is 43.1 Å². The van der Waals surface area contributed by atoms with Gasteiger partial charge in [0.2, 0.25) is 0 Å². The average molecular weight is 455 g/mol. The molecule has 4 unspecified atom stereocenters. The third-order valence-electron chi connectivity index (χ3n) is 6.46. The van der Waals surface area contributed by atoms with Crippen molar-refractivity contribution in [1.29, 1.82) is 0 Å². The molecule has 0 aromatic rings. The second kappa shape index (κ2) is 8.03. The molecule has 1 amide bonds. The van der Waals surface area contributed by atoms with Crippen molar-refractivity contribution in [2.45, 2.75) is 42.1 Å². The van der Waals surface area contributed by atoms with Crippen molar-refractivity contribution >= 4 is 29.4 Å². The Morgan fingerprint density at radius 2 is 2.06 bits per heavy atom. The van der Waals surface area contributed by atoms with E-state index < -0.39 is 0 Å². The van der Waals surface area contributed by atoms with Crippen molar-refractivity contribution < 1.29 is 4.79 Å². The fourth-order valence-corrected chi connectivity index (χ4v) is 6.92. The lowest BCUT2D eigenvalue weighted by Crippen LogP contribution is -2.40. The molecule has 0 aliphatic carbocycles. The van der Waals surface area contributed by atoms with Crippen LogP contribution in [0.25, 0.3) is 0 Å². The predicted molar refractivity (Wildman–Crippen MR) is 126 cm³/mol. The van der Waals surface area contributed by atoms with Crippen LogP contribution >= 0.6 is 23.5 Å². The van der Waals surface area contributed by atoms with Crippen LogP contribution in [-0.2, 0) is 4.79 Å². The number of carbonyl (C=O) groups is 1.